The predicted molar refractivity (Wildman–Crippen MR) is 52.5 cm³/mol. The van der Waals surface area contributed by atoms with Crippen LogP contribution in [-0.2, 0) is 0 Å². The highest BCUT2D eigenvalue weighted by atomic mass is 19.2. The van der Waals surface area contributed by atoms with Crippen molar-refractivity contribution in [1.29, 1.82) is 0 Å². The smallest absolute Gasteiger partial charge is 0.207 e. The van der Waals surface area contributed by atoms with Crippen molar-refractivity contribution >= 4 is 0 Å². The van der Waals surface area contributed by atoms with Crippen molar-refractivity contribution in [2.75, 3.05) is 0 Å². The molecule has 100 valence electrons. The molecule has 2 nitrogen and oxygen atoms in total. The molecule has 1 aliphatic rings. The highest BCUT2D eigenvalue weighted by Crippen LogP contribution is 2.32. The molecule has 0 saturated heterocycles. The molecule has 0 amide bonds. The Morgan fingerprint density at radius 3 is 1.78 bits per heavy atom. The summed E-state index contributed by atoms with van der Waals surface area (Å²) in [6.07, 6.45) is 0.945. The second kappa shape index (κ2) is 4.72. The summed E-state index contributed by atoms with van der Waals surface area (Å²) < 4.78 is 70.0. The molecule has 0 aliphatic heterocycles. The second-order valence-electron chi connectivity index (χ2n) is 4.15. The predicted octanol–water partition coefficient (Wildman–Crippen LogP) is 2.64. The average molecular weight is 267 g/mol. The quantitative estimate of drug-likeness (QED) is 0.508. The number of hydrogen-bond acceptors (Lipinski definition) is 2. The summed E-state index contributed by atoms with van der Waals surface area (Å²) in [5.41, 5.74) is 5.60. The Bertz CT molecular complexity index is 450. The Morgan fingerprint density at radius 1 is 0.833 bits per heavy atom. The maximum Gasteiger partial charge on any atom is 0.207 e. The fraction of sp³-hybridized carbons (Fsp3) is 0.455. The van der Waals surface area contributed by atoms with Crippen LogP contribution in [0.4, 0.5) is 22.0 Å². The van der Waals surface area contributed by atoms with Crippen molar-refractivity contribution in [1.82, 2.24) is 0 Å². The van der Waals surface area contributed by atoms with Crippen LogP contribution in [0.15, 0.2) is 0 Å². The number of benzene rings is 1. The first-order valence-corrected chi connectivity index (χ1v) is 5.37. The molecule has 1 aromatic carbocycles. The van der Waals surface area contributed by atoms with E-state index < -0.39 is 47.0 Å². The van der Waals surface area contributed by atoms with E-state index in [2.05, 4.69) is 0 Å². The first-order valence-electron chi connectivity index (χ1n) is 5.37. The van der Waals surface area contributed by atoms with E-state index in [0.29, 0.717) is 19.3 Å². The molecule has 2 N–H and O–H groups in total. The van der Waals surface area contributed by atoms with E-state index >= 15 is 0 Å². The first kappa shape index (κ1) is 13.1. The molecule has 1 saturated carbocycles. The third-order valence-corrected chi connectivity index (χ3v) is 2.94. The Hall–Kier alpha value is -1.37. The van der Waals surface area contributed by atoms with Crippen molar-refractivity contribution in [3.05, 3.63) is 29.1 Å². The molecule has 2 unspecified atom stereocenters. The van der Waals surface area contributed by atoms with Gasteiger partial charge in [-0.25, -0.2) is 13.2 Å². The molecule has 2 rings (SSSR count). The van der Waals surface area contributed by atoms with Crippen LogP contribution < -0.4 is 10.5 Å². The van der Waals surface area contributed by atoms with Crippen LogP contribution in [0.3, 0.4) is 0 Å². The zero-order chi connectivity index (χ0) is 13.4. The number of ether oxygens (including phenoxy) is 1. The van der Waals surface area contributed by atoms with E-state index in [1.165, 1.54) is 0 Å². The molecule has 0 radical (unpaired) electrons. The van der Waals surface area contributed by atoms with Crippen LogP contribution in [0.5, 0.6) is 5.75 Å². The third-order valence-electron chi connectivity index (χ3n) is 2.94. The van der Waals surface area contributed by atoms with Crippen molar-refractivity contribution in [2.24, 2.45) is 5.73 Å². The van der Waals surface area contributed by atoms with Gasteiger partial charge >= 0.3 is 0 Å². The van der Waals surface area contributed by atoms with E-state index in [0.717, 1.165) is 0 Å². The number of nitrogens with two attached hydrogens (primary N) is 1. The molecule has 1 aliphatic carbocycles. The minimum atomic E-state index is -2.20. The van der Waals surface area contributed by atoms with Crippen LogP contribution in [-0.4, -0.2) is 12.1 Å². The van der Waals surface area contributed by atoms with Gasteiger partial charge in [0.25, 0.3) is 0 Å². The molecule has 1 fully saturated rings. The lowest BCUT2D eigenvalue weighted by Gasteiger charge is -2.19. The highest BCUT2D eigenvalue weighted by molar-refractivity contribution is 5.30. The van der Waals surface area contributed by atoms with Crippen LogP contribution in [0.2, 0.25) is 0 Å². The van der Waals surface area contributed by atoms with Gasteiger partial charge in [-0.15, -0.1) is 0 Å². The van der Waals surface area contributed by atoms with Gasteiger partial charge in [0.2, 0.25) is 29.1 Å². The van der Waals surface area contributed by atoms with Gasteiger partial charge in [0.15, 0.2) is 5.75 Å². The topological polar surface area (TPSA) is 35.2 Å². The van der Waals surface area contributed by atoms with E-state index in [-0.39, 0.29) is 0 Å². The third kappa shape index (κ3) is 2.03. The first-order chi connectivity index (χ1) is 8.43. The fourth-order valence-corrected chi connectivity index (χ4v) is 1.94. The molecule has 0 heterocycles. The fourth-order valence-electron chi connectivity index (χ4n) is 1.94. The second-order valence-corrected chi connectivity index (χ2v) is 4.15. The molecule has 18 heavy (non-hydrogen) atoms. The van der Waals surface area contributed by atoms with Gasteiger partial charge in [-0.2, -0.15) is 8.78 Å². The SMILES string of the molecule is NC1CCCC1Oc1c(F)c(F)c(F)c(F)c1F. The summed E-state index contributed by atoms with van der Waals surface area (Å²) in [7, 11) is 0. The Labute approximate surface area is 99.5 Å². The standard InChI is InChI=1S/C11H10F5NO/c12-6-7(13)9(15)11(10(16)8(6)14)18-5-3-1-2-4(5)17/h4-5H,1-3,17H2. The van der Waals surface area contributed by atoms with Gasteiger partial charge in [-0.05, 0) is 19.3 Å². The van der Waals surface area contributed by atoms with Gasteiger partial charge in [-0.1, -0.05) is 0 Å². The van der Waals surface area contributed by atoms with Crippen LogP contribution in [0.25, 0.3) is 0 Å². The lowest BCUT2D eigenvalue weighted by atomic mass is 10.2. The summed E-state index contributed by atoms with van der Waals surface area (Å²) in [5.74, 6) is -11.4. The number of hydrogen-bond donors (Lipinski definition) is 1. The van der Waals surface area contributed by atoms with Crippen LogP contribution in [0, 0.1) is 29.1 Å². The van der Waals surface area contributed by atoms with Gasteiger partial charge in [0.1, 0.15) is 6.10 Å². The monoisotopic (exact) mass is 267 g/mol. The molecule has 2 atom stereocenters. The van der Waals surface area contributed by atoms with Crippen LogP contribution >= 0.6 is 0 Å². The minimum Gasteiger partial charge on any atom is -0.483 e. The van der Waals surface area contributed by atoms with E-state index in [1.807, 2.05) is 0 Å². The Balaban J connectivity index is 2.38. The Morgan fingerprint density at radius 2 is 1.33 bits per heavy atom. The highest BCUT2D eigenvalue weighted by Gasteiger charge is 2.32. The zero-order valence-corrected chi connectivity index (χ0v) is 9.15. The van der Waals surface area contributed by atoms with E-state index in [1.54, 1.807) is 0 Å². The molecular weight excluding hydrogens is 257 g/mol. The van der Waals surface area contributed by atoms with Crippen molar-refractivity contribution in [3.63, 3.8) is 0 Å². The van der Waals surface area contributed by atoms with Gasteiger partial charge in [-0.3, -0.25) is 0 Å². The van der Waals surface area contributed by atoms with Crippen molar-refractivity contribution in [2.45, 2.75) is 31.4 Å². The van der Waals surface area contributed by atoms with Crippen molar-refractivity contribution < 1.29 is 26.7 Å². The lowest BCUT2D eigenvalue weighted by molar-refractivity contribution is 0.167. The molecule has 1 aromatic rings. The number of halogens is 5. The summed E-state index contributed by atoms with van der Waals surface area (Å²) >= 11 is 0. The summed E-state index contributed by atoms with van der Waals surface area (Å²) in [6, 6.07) is -0.472. The van der Waals surface area contributed by atoms with E-state index in [4.69, 9.17) is 10.5 Å². The Kier molecular flexibility index (Phi) is 3.43. The zero-order valence-electron chi connectivity index (χ0n) is 9.15. The molecule has 0 aromatic heterocycles. The van der Waals surface area contributed by atoms with Gasteiger partial charge < -0.3 is 10.5 Å². The van der Waals surface area contributed by atoms with E-state index in [9.17, 15) is 22.0 Å². The lowest BCUT2D eigenvalue weighted by Crippen LogP contribution is -2.34. The average Bonchev–Trinajstić information content (AvgIpc) is 2.75. The molecule has 0 spiro atoms. The summed E-state index contributed by atoms with van der Waals surface area (Å²) in [6.45, 7) is 0. The van der Waals surface area contributed by atoms with Crippen LogP contribution in [0.1, 0.15) is 19.3 Å². The maximum atomic E-state index is 13.3. The number of rotatable bonds is 2. The largest absolute Gasteiger partial charge is 0.483 e. The maximum absolute atomic E-state index is 13.3. The summed E-state index contributed by atoms with van der Waals surface area (Å²) in [5, 5.41) is 0. The van der Waals surface area contributed by atoms with Gasteiger partial charge in [0, 0.05) is 6.04 Å². The minimum absolute atomic E-state index is 0.417. The molecule has 0 bridgehead atoms. The van der Waals surface area contributed by atoms with Crippen molar-refractivity contribution in [3.8, 4) is 5.75 Å². The normalized spacial score (nSPS) is 23.4. The summed E-state index contributed by atoms with van der Waals surface area (Å²) in [4.78, 5) is 0. The molecular formula is C11H10F5NO. The molecule has 7 heteroatoms. The van der Waals surface area contributed by atoms with Gasteiger partial charge in [0.05, 0.1) is 0 Å².